The second kappa shape index (κ2) is 5.73. The summed E-state index contributed by atoms with van der Waals surface area (Å²) >= 11 is 0. The van der Waals surface area contributed by atoms with Gasteiger partial charge in [-0.15, -0.1) is 0 Å². The van der Waals surface area contributed by atoms with Crippen molar-refractivity contribution in [3.8, 4) is 5.75 Å². The second-order valence-electron chi connectivity index (χ2n) is 3.49. The van der Waals surface area contributed by atoms with E-state index in [0.717, 1.165) is 17.7 Å². The monoisotopic (exact) mass is 209 g/mol. The molecule has 1 rings (SSSR count). The maximum Gasteiger partial charge on any atom is 0.122 e. The predicted molar refractivity (Wildman–Crippen MR) is 61.2 cm³/mol. The predicted octanol–water partition coefficient (Wildman–Crippen LogP) is 1.90. The first-order valence-electron chi connectivity index (χ1n) is 5.14. The van der Waals surface area contributed by atoms with Crippen molar-refractivity contribution in [1.82, 2.24) is 0 Å². The van der Waals surface area contributed by atoms with E-state index in [1.165, 1.54) is 5.56 Å². The van der Waals surface area contributed by atoms with E-state index < -0.39 is 0 Å². The van der Waals surface area contributed by atoms with Gasteiger partial charge in [-0.25, -0.2) is 0 Å². The zero-order chi connectivity index (χ0) is 11.3. The van der Waals surface area contributed by atoms with E-state index >= 15 is 0 Å². The normalized spacial score (nSPS) is 12.5. The molecular formula is C12H19NO2. The Kier molecular flexibility index (Phi) is 4.59. The molecule has 0 spiro atoms. The molecule has 1 unspecified atom stereocenters. The summed E-state index contributed by atoms with van der Waals surface area (Å²) in [5.74, 6) is 0.922. The highest BCUT2D eigenvalue weighted by molar-refractivity contribution is 5.38. The van der Waals surface area contributed by atoms with E-state index in [-0.39, 0.29) is 6.04 Å². The number of methoxy groups -OCH3 is 2. The van der Waals surface area contributed by atoms with E-state index in [9.17, 15) is 0 Å². The van der Waals surface area contributed by atoms with Gasteiger partial charge in [-0.3, -0.25) is 0 Å². The Bertz CT molecular complexity index is 312. The smallest absolute Gasteiger partial charge is 0.122 e. The number of ether oxygens (including phenoxy) is 2. The number of aryl methyl sites for hydroxylation is 1. The van der Waals surface area contributed by atoms with Crippen LogP contribution >= 0.6 is 0 Å². The Hall–Kier alpha value is -1.06. The highest BCUT2D eigenvalue weighted by Crippen LogP contribution is 2.23. The first-order valence-corrected chi connectivity index (χ1v) is 5.14. The third-order valence-electron chi connectivity index (χ3n) is 2.46. The fourth-order valence-electron chi connectivity index (χ4n) is 1.58. The molecule has 0 saturated heterocycles. The van der Waals surface area contributed by atoms with Crippen LogP contribution in [-0.4, -0.2) is 20.8 Å². The van der Waals surface area contributed by atoms with Gasteiger partial charge in [-0.1, -0.05) is 19.1 Å². The van der Waals surface area contributed by atoms with Crippen LogP contribution in [0.5, 0.6) is 5.75 Å². The minimum absolute atomic E-state index is 0.0637. The summed E-state index contributed by atoms with van der Waals surface area (Å²) in [4.78, 5) is 0. The van der Waals surface area contributed by atoms with Crippen molar-refractivity contribution < 1.29 is 9.47 Å². The first-order chi connectivity index (χ1) is 7.22. The molecule has 0 bridgehead atoms. The topological polar surface area (TPSA) is 44.5 Å². The third kappa shape index (κ3) is 2.94. The molecule has 0 radical (unpaired) electrons. The number of hydrogen-bond acceptors (Lipinski definition) is 3. The van der Waals surface area contributed by atoms with Crippen molar-refractivity contribution in [2.24, 2.45) is 5.73 Å². The molecule has 0 heterocycles. The third-order valence-corrected chi connectivity index (χ3v) is 2.46. The maximum atomic E-state index is 5.95. The lowest BCUT2D eigenvalue weighted by Gasteiger charge is -2.14. The van der Waals surface area contributed by atoms with Gasteiger partial charge in [0, 0.05) is 7.11 Å². The summed E-state index contributed by atoms with van der Waals surface area (Å²) < 4.78 is 10.3. The van der Waals surface area contributed by atoms with E-state index in [4.69, 9.17) is 15.2 Å². The van der Waals surface area contributed by atoms with Crippen molar-refractivity contribution in [2.45, 2.75) is 19.4 Å². The number of benzene rings is 1. The van der Waals surface area contributed by atoms with Gasteiger partial charge in [0.15, 0.2) is 0 Å². The molecule has 1 aromatic carbocycles. The molecule has 0 aromatic heterocycles. The Labute approximate surface area is 91.2 Å². The lowest BCUT2D eigenvalue weighted by atomic mass is 10.0. The Balaban J connectivity index is 2.92. The van der Waals surface area contributed by atoms with Gasteiger partial charge in [0.1, 0.15) is 5.75 Å². The molecule has 0 aliphatic heterocycles. The average Bonchev–Trinajstić information content (AvgIpc) is 2.28. The molecule has 0 amide bonds. The zero-order valence-corrected chi connectivity index (χ0v) is 9.62. The van der Waals surface area contributed by atoms with Crippen molar-refractivity contribution >= 4 is 0 Å². The van der Waals surface area contributed by atoms with Crippen LogP contribution in [0.2, 0.25) is 0 Å². The molecule has 15 heavy (non-hydrogen) atoms. The first kappa shape index (κ1) is 12.0. The van der Waals surface area contributed by atoms with E-state index in [1.54, 1.807) is 14.2 Å². The van der Waals surface area contributed by atoms with Crippen LogP contribution in [-0.2, 0) is 11.2 Å². The van der Waals surface area contributed by atoms with Crippen molar-refractivity contribution in [3.05, 3.63) is 29.3 Å². The molecule has 2 N–H and O–H groups in total. The van der Waals surface area contributed by atoms with Crippen molar-refractivity contribution in [1.29, 1.82) is 0 Å². The highest BCUT2D eigenvalue weighted by Gasteiger charge is 2.08. The van der Waals surface area contributed by atoms with Gasteiger partial charge < -0.3 is 15.2 Å². The number of hydrogen-bond donors (Lipinski definition) is 1. The van der Waals surface area contributed by atoms with Crippen molar-refractivity contribution in [2.75, 3.05) is 20.8 Å². The molecule has 0 aliphatic rings. The van der Waals surface area contributed by atoms with Gasteiger partial charge in [0.25, 0.3) is 0 Å². The molecule has 0 saturated carbocycles. The number of nitrogens with two attached hydrogens (primary N) is 1. The van der Waals surface area contributed by atoms with Crippen LogP contribution in [0.3, 0.4) is 0 Å². The lowest BCUT2D eigenvalue weighted by Crippen LogP contribution is -2.16. The maximum absolute atomic E-state index is 5.95. The average molecular weight is 209 g/mol. The second-order valence-corrected chi connectivity index (χ2v) is 3.49. The van der Waals surface area contributed by atoms with E-state index in [2.05, 4.69) is 13.0 Å². The molecular weight excluding hydrogens is 190 g/mol. The van der Waals surface area contributed by atoms with Crippen LogP contribution < -0.4 is 10.5 Å². The molecule has 84 valence electrons. The number of rotatable bonds is 5. The molecule has 0 fully saturated rings. The minimum atomic E-state index is -0.0637. The largest absolute Gasteiger partial charge is 0.496 e. The SMILES string of the molecule is CCc1cc(C(N)COC)ccc1OC. The Morgan fingerprint density at radius 3 is 2.60 bits per heavy atom. The fourth-order valence-corrected chi connectivity index (χ4v) is 1.58. The van der Waals surface area contributed by atoms with Crippen LogP contribution in [0.15, 0.2) is 18.2 Å². The van der Waals surface area contributed by atoms with E-state index in [0.29, 0.717) is 6.61 Å². The van der Waals surface area contributed by atoms with Gasteiger partial charge in [-0.05, 0) is 23.6 Å². The summed E-state index contributed by atoms with van der Waals surface area (Å²) in [6.07, 6.45) is 0.941. The van der Waals surface area contributed by atoms with Crippen LogP contribution in [0.1, 0.15) is 24.1 Å². The van der Waals surface area contributed by atoms with Gasteiger partial charge >= 0.3 is 0 Å². The summed E-state index contributed by atoms with van der Waals surface area (Å²) in [6.45, 7) is 2.64. The standard InChI is InChI=1S/C12H19NO2/c1-4-9-7-10(11(13)8-14-2)5-6-12(9)15-3/h5-7,11H,4,8,13H2,1-3H3. The van der Waals surface area contributed by atoms with Crippen LogP contribution in [0.25, 0.3) is 0 Å². The summed E-state index contributed by atoms with van der Waals surface area (Å²) in [7, 11) is 3.34. The molecule has 1 aromatic rings. The van der Waals surface area contributed by atoms with Crippen LogP contribution in [0.4, 0.5) is 0 Å². The van der Waals surface area contributed by atoms with E-state index in [1.807, 2.05) is 12.1 Å². The summed E-state index contributed by atoms with van der Waals surface area (Å²) in [6, 6.07) is 5.97. The van der Waals surface area contributed by atoms with Crippen LogP contribution in [0, 0.1) is 0 Å². The highest BCUT2D eigenvalue weighted by atomic mass is 16.5. The van der Waals surface area contributed by atoms with Crippen molar-refractivity contribution in [3.63, 3.8) is 0 Å². The fraction of sp³-hybridized carbons (Fsp3) is 0.500. The lowest BCUT2D eigenvalue weighted by molar-refractivity contribution is 0.181. The molecule has 3 heteroatoms. The quantitative estimate of drug-likeness (QED) is 0.805. The molecule has 1 atom stereocenters. The Morgan fingerprint density at radius 1 is 1.33 bits per heavy atom. The van der Waals surface area contributed by atoms with Gasteiger partial charge in [0.2, 0.25) is 0 Å². The molecule has 3 nitrogen and oxygen atoms in total. The zero-order valence-electron chi connectivity index (χ0n) is 9.62. The van der Waals surface area contributed by atoms with Gasteiger partial charge in [0.05, 0.1) is 19.8 Å². The summed E-state index contributed by atoms with van der Waals surface area (Å²) in [5.41, 5.74) is 8.23. The minimum Gasteiger partial charge on any atom is -0.496 e. The van der Waals surface area contributed by atoms with Gasteiger partial charge in [-0.2, -0.15) is 0 Å². The molecule has 0 aliphatic carbocycles. The summed E-state index contributed by atoms with van der Waals surface area (Å²) in [5, 5.41) is 0. The Morgan fingerprint density at radius 2 is 2.07 bits per heavy atom.